The van der Waals surface area contributed by atoms with Gasteiger partial charge in [-0.05, 0) is 28.7 Å². The number of carbonyl (C=O) groups is 1. The van der Waals surface area contributed by atoms with Crippen LogP contribution in [0.5, 0.6) is 0 Å². The van der Waals surface area contributed by atoms with E-state index in [1.165, 1.54) is 0 Å². The lowest BCUT2D eigenvalue weighted by atomic mass is 9.75. The molecule has 4 heteroatoms. The van der Waals surface area contributed by atoms with Gasteiger partial charge in [0.1, 0.15) is 0 Å². The van der Waals surface area contributed by atoms with Crippen molar-refractivity contribution in [1.29, 1.82) is 0 Å². The third-order valence-corrected chi connectivity index (χ3v) is 4.47. The fourth-order valence-electron chi connectivity index (χ4n) is 2.73. The molecule has 0 fully saturated rings. The van der Waals surface area contributed by atoms with Crippen molar-refractivity contribution in [3.63, 3.8) is 0 Å². The Morgan fingerprint density at radius 2 is 1.75 bits per heavy atom. The van der Waals surface area contributed by atoms with E-state index in [1.807, 2.05) is 56.3 Å². The topological polar surface area (TPSA) is 75.3 Å². The number of nitrogens with two attached hydrogens (primary N) is 1. The van der Waals surface area contributed by atoms with Gasteiger partial charge >= 0.3 is 0 Å². The minimum absolute atomic E-state index is 0.0240. The first-order valence-corrected chi connectivity index (χ1v) is 8.21. The summed E-state index contributed by atoms with van der Waals surface area (Å²) in [4.78, 5) is 12.4. The Kier molecular flexibility index (Phi) is 6.12. The van der Waals surface area contributed by atoms with Gasteiger partial charge in [0.25, 0.3) is 5.91 Å². The number of hydrogen-bond acceptors (Lipinski definition) is 3. The van der Waals surface area contributed by atoms with E-state index < -0.39 is 0 Å². The Bertz CT molecular complexity index is 651. The van der Waals surface area contributed by atoms with E-state index in [9.17, 15) is 9.90 Å². The maximum absolute atomic E-state index is 12.4. The first-order chi connectivity index (χ1) is 11.5. The van der Waals surface area contributed by atoms with Gasteiger partial charge in [0.15, 0.2) is 0 Å². The van der Waals surface area contributed by atoms with Crippen molar-refractivity contribution in [3.05, 3.63) is 71.3 Å². The molecule has 0 aliphatic heterocycles. The highest BCUT2D eigenvalue weighted by molar-refractivity contribution is 5.94. The Morgan fingerprint density at radius 1 is 1.12 bits per heavy atom. The summed E-state index contributed by atoms with van der Waals surface area (Å²) < 4.78 is 0. The summed E-state index contributed by atoms with van der Waals surface area (Å²) in [6.07, 6.45) is 0. The highest BCUT2D eigenvalue weighted by Crippen LogP contribution is 2.34. The molecule has 1 amide bonds. The van der Waals surface area contributed by atoms with Crippen molar-refractivity contribution in [1.82, 2.24) is 5.32 Å². The van der Waals surface area contributed by atoms with Crippen molar-refractivity contribution in [2.75, 3.05) is 13.2 Å². The van der Waals surface area contributed by atoms with Crippen molar-refractivity contribution in [2.24, 2.45) is 11.1 Å². The van der Waals surface area contributed by atoms with E-state index in [-0.39, 0.29) is 23.8 Å². The SMILES string of the molecule is CC(C)(CO)C(CNC(=O)c1ccc(CN)cc1)c1ccccc1. The van der Waals surface area contributed by atoms with Crippen LogP contribution < -0.4 is 11.1 Å². The molecule has 0 bridgehead atoms. The molecule has 0 radical (unpaired) electrons. The molecular formula is C20H26N2O2. The average Bonchev–Trinajstić information content (AvgIpc) is 2.62. The molecule has 2 rings (SSSR count). The highest BCUT2D eigenvalue weighted by Gasteiger charge is 2.30. The molecular weight excluding hydrogens is 300 g/mol. The molecule has 0 spiro atoms. The van der Waals surface area contributed by atoms with Crippen LogP contribution in [0.4, 0.5) is 0 Å². The number of aliphatic hydroxyl groups is 1. The summed E-state index contributed by atoms with van der Waals surface area (Å²) in [6, 6.07) is 17.3. The van der Waals surface area contributed by atoms with Gasteiger partial charge < -0.3 is 16.2 Å². The van der Waals surface area contributed by atoms with E-state index in [4.69, 9.17) is 5.73 Å². The lowest BCUT2D eigenvalue weighted by molar-refractivity contribution is 0.0920. The van der Waals surface area contributed by atoms with Gasteiger partial charge in [0, 0.05) is 31.2 Å². The average molecular weight is 326 g/mol. The number of rotatable bonds is 7. The Hall–Kier alpha value is -2.17. The molecule has 24 heavy (non-hydrogen) atoms. The van der Waals surface area contributed by atoms with Crippen LogP contribution in [0.1, 0.15) is 41.3 Å². The van der Waals surface area contributed by atoms with E-state index >= 15 is 0 Å². The maximum atomic E-state index is 12.4. The monoisotopic (exact) mass is 326 g/mol. The molecule has 1 unspecified atom stereocenters. The summed E-state index contributed by atoms with van der Waals surface area (Å²) in [6.45, 7) is 4.99. The predicted octanol–water partition coefficient (Wildman–Crippen LogP) is 2.68. The van der Waals surface area contributed by atoms with Crippen LogP contribution >= 0.6 is 0 Å². The van der Waals surface area contributed by atoms with Crippen molar-refractivity contribution < 1.29 is 9.90 Å². The van der Waals surface area contributed by atoms with E-state index in [0.717, 1.165) is 11.1 Å². The number of carbonyl (C=O) groups excluding carboxylic acids is 1. The second-order valence-electron chi connectivity index (χ2n) is 6.72. The second-order valence-corrected chi connectivity index (χ2v) is 6.72. The van der Waals surface area contributed by atoms with Crippen LogP contribution in [-0.4, -0.2) is 24.2 Å². The molecule has 4 nitrogen and oxygen atoms in total. The summed E-state index contributed by atoms with van der Waals surface area (Å²) in [5.41, 5.74) is 7.96. The van der Waals surface area contributed by atoms with Crippen LogP contribution in [0.15, 0.2) is 54.6 Å². The Morgan fingerprint density at radius 3 is 2.29 bits per heavy atom. The lowest BCUT2D eigenvalue weighted by Crippen LogP contribution is -2.36. The largest absolute Gasteiger partial charge is 0.396 e. The smallest absolute Gasteiger partial charge is 0.251 e. The van der Waals surface area contributed by atoms with Crippen LogP contribution in [0.2, 0.25) is 0 Å². The molecule has 0 aliphatic carbocycles. The molecule has 4 N–H and O–H groups in total. The first kappa shape index (κ1) is 18.2. The lowest BCUT2D eigenvalue weighted by Gasteiger charge is -2.33. The Labute approximate surface area is 143 Å². The minimum atomic E-state index is -0.335. The minimum Gasteiger partial charge on any atom is -0.396 e. The maximum Gasteiger partial charge on any atom is 0.251 e. The summed E-state index contributed by atoms with van der Waals surface area (Å²) >= 11 is 0. The fourth-order valence-corrected chi connectivity index (χ4v) is 2.73. The third kappa shape index (κ3) is 4.43. The van der Waals surface area contributed by atoms with Gasteiger partial charge in [-0.15, -0.1) is 0 Å². The zero-order valence-electron chi connectivity index (χ0n) is 14.3. The van der Waals surface area contributed by atoms with Gasteiger partial charge in [0.2, 0.25) is 0 Å². The quantitative estimate of drug-likeness (QED) is 0.732. The van der Waals surface area contributed by atoms with Crippen molar-refractivity contribution in [3.8, 4) is 0 Å². The summed E-state index contributed by atoms with van der Waals surface area (Å²) in [5, 5.41) is 12.7. The second kappa shape index (κ2) is 8.08. The van der Waals surface area contributed by atoms with Crippen molar-refractivity contribution >= 4 is 5.91 Å². The molecule has 2 aromatic rings. The number of nitrogens with one attached hydrogen (secondary N) is 1. The fraction of sp³-hybridized carbons (Fsp3) is 0.350. The van der Waals surface area contributed by atoms with Gasteiger partial charge in [-0.25, -0.2) is 0 Å². The zero-order valence-corrected chi connectivity index (χ0v) is 14.3. The molecule has 0 saturated heterocycles. The van der Waals surface area contributed by atoms with E-state index in [1.54, 1.807) is 12.1 Å². The van der Waals surface area contributed by atoms with Crippen LogP contribution in [0.25, 0.3) is 0 Å². The van der Waals surface area contributed by atoms with Gasteiger partial charge in [-0.2, -0.15) is 0 Å². The van der Waals surface area contributed by atoms with Gasteiger partial charge in [0.05, 0.1) is 0 Å². The van der Waals surface area contributed by atoms with Gasteiger partial charge in [-0.1, -0.05) is 56.3 Å². The van der Waals surface area contributed by atoms with E-state index in [0.29, 0.717) is 18.7 Å². The van der Waals surface area contributed by atoms with Crippen LogP contribution in [0.3, 0.4) is 0 Å². The van der Waals surface area contributed by atoms with E-state index in [2.05, 4.69) is 5.32 Å². The number of amides is 1. The molecule has 0 aliphatic rings. The Balaban J connectivity index is 2.11. The third-order valence-electron chi connectivity index (χ3n) is 4.47. The molecule has 1 atom stereocenters. The van der Waals surface area contributed by atoms with Gasteiger partial charge in [-0.3, -0.25) is 4.79 Å². The summed E-state index contributed by atoms with van der Waals surface area (Å²) in [5.74, 6) is -0.0933. The predicted molar refractivity (Wildman–Crippen MR) is 96.7 cm³/mol. The molecule has 0 saturated carbocycles. The first-order valence-electron chi connectivity index (χ1n) is 8.21. The normalized spacial score (nSPS) is 12.7. The molecule has 2 aromatic carbocycles. The summed E-state index contributed by atoms with van der Waals surface area (Å²) in [7, 11) is 0. The standard InChI is InChI=1S/C20H26N2O2/c1-20(2,14-23)18(16-6-4-3-5-7-16)13-22-19(24)17-10-8-15(12-21)9-11-17/h3-11,18,23H,12-14,21H2,1-2H3,(H,22,24). The highest BCUT2D eigenvalue weighted by atomic mass is 16.3. The molecule has 0 aromatic heterocycles. The zero-order chi connectivity index (χ0) is 17.6. The molecule has 128 valence electrons. The number of aliphatic hydroxyl groups excluding tert-OH is 1. The van der Waals surface area contributed by atoms with Crippen LogP contribution in [0, 0.1) is 5.41 Å². The van der Waals surface area contributed by atoms with Crippen LogP contribution in [-0.2, 0) is 6.54 Å². The number of benzene rings is 2. The van der Waals surface area contributed by atoms with Crippen molar-refractivity contribution in [2.45, 2.75) is 26.3 Å². The molecule has 0 heterocycles. The number of hydrogen-bond donors (Lipinski definition) is 3.